The standard InChI is InChI=1S/C20H29N7O3S/c1-3-21-20(22-9-12-31(29,30)24-13-17-7-5-4-6-8-17)26-10-11-27(19(28)16-26)18-14-23-25(2)15-18/h4-8,14-15,24H,3,9-13,16H2,1-2H3,(H,21,22). The van der Waals surface area contributed by atoms with Gasteiger partial charge in [-0.2, -0.15) is 5.10 Å². The first kappa shape index (κ1) is 22.8. The van der Waals surface area contributed by atoms with Crippen LogP contribution in [0.5, 0.6) is 0 Å². The Morgan fingerprint density at radius 1 is 1.23 bits per heavy atom. The van der Waals surface area contributed by atoms with E-state index in [0.29, 0.717) is 25.6 Å². The van der Waals surface area contributed by atoms with E-state index in [4.69, 9.17) is 0 Å². The number of hydrogen-bond acceptors (Lipinski definition) is 5. The van der Waals surface area contributed by atoms with Gasteiger partial charge >= 0.3 is 0 Å². The quantitative estimate of drug-likeness (QED) is 0.440. The molecule has 1 aliphatic rings. The van der Waals surface area contributed by atoms with E-state index in [0.717, 1.165) is 11.3 Å². The molecule has 1 aliphatic heterocycles. The lowest BCUT2D eigenvalue weighted by Crippen LogP contribution is -2.55. The molecule has 0 saturated carbocycles. The molecule has 3 rings (SSSR count). The zero-order chi connectivity index (χ0) is 22.3. The topological polar surface area (TPSA) is 112 Å². The largest absolute Gasteiger partial charge is 0.357 e. The fourth-order valence-corrected chi connectivity index (χ4v) is 4.10. The highest BCUT2D eigenvalue weighted by Crippen LogP contribution is 2.16. The summed E-state index contributed by atoms with van der Waals surface area (Å²) in [6, 6.07) is 9.35. The lowest BCUT2D eigenvalue weighted by atomic mass is 10.2. The SMILES string of the molecule is CCNC(=NCCS(=O)(=O)NCc1ccccc1)N1CCN(c2cnn(C)c2)C(=O)C1. The summed E-state index contributed by atoms with van der Waals surface area (Å²) < 4.78 is 28.8. The lowest BCUT2D eigenvalue weighted by Gasteiger charge is -2.35. The minimum absolute atomic E-state index is 0.0537. The normalized spacial score (nSPS) is 15.4. The van der Waals surface area contributed by atoms with Gasteiger partial charge in [0, 0.05) is 39.4 Å². The fourth-order valence-electron chi connectivity index (χ4n) is 3.23. The van der Waals surface area contributed by atoms with Crippen molar-refractivity contribution in [1.82, 2.24) is 24.7 Å². The van der Waals surface area contributed by atoms with E-state index in [-0.39, 0.29) is 31.3 Å². The molecule has 0 bridgehead atoms. The van der Waals surface area contributed by atoms with Gasteiger partial charge in [-0.05, 0) is 12.5 Å². The van der Waals surface area contributed by atoms with Gasteiger partial charge in [0.25, 0.3) is 0 Å². The van der Waals surface area contributed by atoms with Crippen molar-refractivity contribution in [2.75, 3.05) is 43.4 Å². The number of hydrogen-bond donors (Lipinski definition) is 2. The van der Waals surface area contributed by atoms with Crippen LogP contribution < -0.4 is 14.9 Å². The molecule has 2 N–H and O–H groups in total. The van der Waals surface area contributed by atoms with Crippen LogP contribution in [0.1, 0.15) is 12.5 Å². The highest BCUT2D eigenvalue weighted by molar-refractivity contribution is 7.89. The third-order valence-electron chi connectivity index (χ3n) is 4.82. The molecular formula is C20H29N7O3S. The number of aromatic nitrogens is 2. The molecular weight excluding hydrogens is 418 g/mol. The number of carbonyl (C=O) groups excluding carboxylic acids is 1. The van der Waals surface area contributed by atoms with Crippen LogP contribution in [0.25, 0.3) is 0 Å². The Kier molecular flexibility index (Phi) is 7.64. The van der Waals surface area contributed by atoms with Crippen LogP contribution in [-0.2, 0) is 28.4 Å². The predicted octanol–water partition coefficient (Wildman–Crippen LogP) is 0.154. The number of aryl methyl sites for hydroxylation is 1. The molecule has 2 aromatic rings. The van der Waals surface area contributed by atoms with Crippen molar-refractivity contribution in [3.63, 3.8) is 0 Å². The first-order valence-corrected chi connectivity index (χ1v) is 11.9. The maximum absolute atomic E-state index is 12.6. The fraction of sp³-hybridized carbons (Fsp3) is 0.450. The van der Waals surface area contributed by atoms with Gasteiger partial charge in [-0.25, -0.2) is 13.1 Å². The predicted molar refractivity (Wildman–Crippen MR) is 120 cm³/mol. The number of rotatable bonds is 8. The summed E-state index contributed by atoms with van der Waals surface area (Å²) in [5.74, 6) is 0.361. The molecule has 1 fully saturated rings. The van der Waals surface area contributed by atoms with Gasteiger partial charge in [-0.1, -0.05) is 30.3 Å². The van der Waals surface area contributed by atoms with Crippen molar-refractivity contribution in [1.29, 1.82) is 0 Å². The van der Waals surface area contributed by atoms with Crippen molar-refractivity contribution in [2.45, 2.75) is 13.5 Å². The number of guanidine groups is 1. The number of anilines is 1. The van der Waals surface area contributed by atoms with Crippen LogP contribution >= 0.6 is 0 Å². The summed E-state index contributed by atoms with van der Waals surface area (Å²) in [4.78, 5) is 20.6. The van der Waals surface area contributed by atoms with Crippen LogP contribution in [0.15, 0.2) is 47.7 Å². The van der Waals surface area contributed by atoms with Crippen LogP contribution in [0.2, 0.25) is 0 Å². The van der Waals surface area contributed by atoms with E-state index >= 15 is 0 Å². The second-order valence-electron chi connectivity index (χ2n) is 7.20. The van der Waals surface area contributed by atoms with E-state index in [2.05, 4.69) is 20.1 Å². The molecule has 2 heterocycles. The average molecular weight is 448 g/mol. The molecule has 0 atom stereocenters. The second-order valence-corrected chi connectivity index (χ2v) is 9.13. The minimum atomic E-state index is -3.46. The Morgan fingerprint density at radius 2 is 2.00 bits per heavy atom. The van der Waals surface area contributed by atoms with E-state index < -0.39 is 10.0 Å². The maximum atomic E-state index is 12.6. The molecule has 10 nitrogen and oxygen atoms in total. The second kappa shape index (κ2) is 10.4. The summed E-state index contributed by atoms with van der Waals surface area (Å²) in [7, 11) is -1.65. The summed E-state index contributed by atoms with van der Waals surface area (Å²) in [5, 5.41) is 7.27. The van der Waals surface area contributed by atoms with Gasteiger partial charge in [-0.3, -0.25) is 14.5 Å². The van der Waals surface area contributed by atoms with Crippen LogP contribution in [0.3, 0.4) is 0 Å². The van der Waals surface area contributed by atoms with Gasteiger partial charge in [0.15, 0.2) is 5.96 Å². The molecule has 0 radical (unpaired) electrons. The number of nitrogens with zero attached hydrogens (tertiary/aromatic N) is 5. The third kappa shape index (κ3) is 6.53. The highest BCUT2D eigenvalue weighted by Gasteiger charge is 2.27. The van der Waals surface area contributed by atoms with Gasteiger partial charge in [-0.15, -0.1) is 0 Å². The lowest BCUT2D eigenvalue weighted by molar-refractivity contribution is -0.120. The molecule has 0 aliphatic carbocycles. The zero-order valence-electron chi connectivity index (χ0n) is 17.9. The number of benzene rings is 1. The molecule has 1 saturated heterocycles. The molecule has 11 heteroatoms. The van der Waals surface area contributed by atoms with E-state index in [1.165, 1.54) is 0 Å². The minimum Gasteiger partial charge on any atom is -0.357 e. The van der Waals surface area contributed by atoms with Gasteiger partial charge in [0.05, 0.1) is 24.2 Å². The number of sulfonamides is 1. The Morgan fingerprint density at radius 3 is 2.65 bits per heavy atom. The summed E-state index contributed by atoms with van der Waals surface area (Å²) in [5.41, 5.74) is 1.66. The van der Waals surface area contributed by atoms with Crippen LogP contribution in [0.4, 0.5) is 5.69 Å². The van der Waals surface area contributed by atoms with Crippen molar-refractivity contribution < 1.29 is 13.2 Å². The summed E-state index contributed by atoms with van der Waals surface area (Å²) in [6.45, 7) is 4.16. The number of amides is 1. The van der Waals surface area contributed by atoms with Crippen LogP contribution in [-0.4, -0.2) is 73.4 Å². The van der Waals surface area contributed by atoms with Gasteiger partial charge in [0.1, 0.15) is 6.54 Å². The summed E-state index contributed by atoms with van der Waals surface area (Å²) in [6.07, 6.45) is 3.47. The molecule has 1 aromatic carbocycles. The van der Waals surface area contributed by atoms with Gasteiger partial charge in [0.2, 0.25) is 15.9 Å². The zero-order valence-corrected chi connectivity index (χ0v) is 18.7. The Balaban J connectivity index is 1.55. The Bertz CT molecular complexity index is 1000. The smallest absolute Gasteiger partial charge is 0.246 e. The molecule has 0 spiro atoms. The monoisotopic (exact) mass is 447 g/mol. The van der Waals surface area contributed by atoms with E-state index in [9.17, 15) is 13.2 Å². The Hall–Kier alpha value is -2.92. The van der Waals surface area contributed by atoms with Crippen molar-refractivity contribution in [3.8, 4) is 0 Å². The first-order chi connectivity index (χ1) is 14.9. The van der Waals surface area contributed by atoms with Crippen molar-refractivity contribution in [3.05, 3.63) is 48.3 Å². The Labute approximate surface area is 183 Å². The number of nitrogens with one attached hydrogen (secondary N) is 2. The number of aliphatic imine (C=N–C) groups is 1. The molecule has 1 amide bonds. The van der Waals surface area contributed by atoms with Crippen LogP contribution in [0, 0.1) is 0 Å². The maximum Gasteiger partial charge on any atom is 0.246 e. The van der Waals surface area contributed by atoms with Crippen molar-refractivity contribution >= 4 is 27.6 Å². The highest BCUT2D eigenvalue weighted by atomic mass is 32.2. The number of carbonyl (C=O) groups is 1. The molecule has 31 heavy (non-hydrogen) atoms. The third-order valence-corrected chi connectivity index (χ3v) is 6.12. The molecule has 0 unspecified atom stereocenters. The molecule has 168 valence electrons. The van der Waals surface area contributed by atoms with E-state index in [1.54, 1.807) is 22.0 Å². The summed E-state index contributed by atoms with van der Waals surface area (Å²) >= 11 is 0. The molecule has 1 aromatic heterocycles. The number of piperazine rings is 1. The first-order valence-electron chi connectivity index (χ1n) is 10.2. The van der Waals surface area contributed by atoms with Gasteiger partial charge < -0.3 is 15.1 Å². The average Bonchev–Trinajstić information content (AvgIpc) is 3.18. The van der Waals surface area contributed by atoms with Crippen molar-refractivity contribution in [2.24, 2.45) is 12.0 Å². The van der Waals surface area contributed by atoms with E-state index in [1.807, 2.05) is 49.2 Å².